The van der Waals surface area contributed by atoms with Crippen molar-refractivity contribution in [3.8, 4) is 0 Å². The largest absolute Gasteiger partial charge is 0.311 e. The Labute approximate surface area is 137 Å². The van der Waals surface area contributed by atoms with Gasteiger partial charge < -0.3 is 5.32 Å². The van der Waals surface area contributed by atoms with Crippen LogP contribution in [0, 0.1) is 6.92 Å². The summed E-state index contributed by atoms with van der Waals surface area (Å²) in [6, 6.07) is 3.93. The second kappa shape index (κ2) is 6.41. The minimum atomic E-state index is 0.551. The number of rotatable bonds is 4. The normalized spacial score (nSPS) is 28.3. The Bertz CT molecular complexity index is 485. The highest BCUT2D eigenvalue weighted by molar-refractivity contribution is 6.35. The van der Waals surface area contributed by atoms with Crippen LogP contribution in [-0.2, 0) is 6.54 Å². The number of nitrogens with zero attached hydrogens (tertiary/aromatic N) is 2. The Hall–Kier alpha value is -0.350. The zero-order valence-corrected chi connectivity index (χ0v) is 14.2. The van der Waals surface area contributed by atoms with E-state index in [2.05, 4.69) is 22.1 Å². The van der Waals surface area contributed by atoms with E-state index in [0.29, 0.717) is 23.3 Å². The highest BCUT2D eigenvalue weighted by Crippen LogP contribution is 2.32. The molecule has 3 heterocycles. The van der Waals surface area contributed by atoms with E-state index >= 15 is 0 Å². The zero-order chi connectivity index (χ0) is 15.0. The van der Waals surface area contributed by atoms with E-state index in [1.807, 2.05) is 13.0 Å². The minimum absolute atomic E-state index is 0.551. The summed E-state index contributed by atoms with van der Waals surface area (Å²) >= 11 is 12.7. The summed E-state index contributed by atoms with van der Waals surface area (Å²) in [7, 11) is 0. The van der Waals surface area contributed by atoms with E-state index in [4.69, 9.17) is 23.2 Å². The highest BCUT2D eigenvalue weighted by Gasteiger charge is 2.35. The quantitative estimate of drug-likeness (QED) is 0.852. The molecule has 2 fully saturated rings. The first-order valence-corrected chi connectivity index (χ1v) is 8.64. The van der Waals surface area contributed by atoms with Gasteiger partial charge >= 0.3 is 0 Å². The molecule has 1 N–H and O–H groups in total. The number of aryl methyl sites for hydroxylation is 1. The van der Waals surface area contributed by atoms with Crippen molar-refractivity contribution in [2.24, 2.45) is 0 Å². The predicted molar refractivity (Wildman–Crippen MR) is 88.0 cm³/mol. The molecule has 2 atom stereocenters. The van der Waals surface area contributed by atoms with Crippen molar-refractivity contribution in [1.29, 1.82) is 0 Å². The molecular weight excluding hydrogens is 305 g/mol. The molecule has 0 aliphatic carbocycles. The van der Waals surface area contributed by atoms with Gasteiger partial charge in [0.15, 0.2) is 0 Å². The molecule has 2 bridgehead atoms. The number of halogens is 2. The monoisotopic (exact) mass is 327 g/mol. The molecule has 0 radical (unpaired) electrons. The van der Waals surface area contributed by atoms with Crippen LogP contribution in [0.1, 0.15) is 43.9 Å². The Kier molecular flexibility index (Phi) is 4.75. The maximum atomic E-state index is 6.38. The Morgan fingerprint density at radius 2 is 1.95 bits per heavy atom. The predicted octanol–water partition coefficient (Wildman–Crippen LogP) is 3.80. The fourth-order valence-electron chi connectivity index (χ4n) is 3.79. The molecule has 2 saturated heterocycles. The Morgan fingerprint density at radius 1 is 1.29 bits per heavy atom. The van der Waals surface area contributed by atoms with Gasteiger partial charge in [0, 0.05) is 41.0 Å². The first-order valence-electron chi connectivity index (χ1n) is 7.88. The van der Waals surface area contributed by atoms with E-state index in [9.17, 15) is 0 Å². The van der Waals surface area contributed by atoms with Crippen molar-refractivity contribution in [3.63, 3.8) is 0 Å². The first-order chi connectivity index (χ1) is 10.1. The summed E-state index contributed by atoms with van der Waals surface area (Å²) < 4.78 is 0. The Morgan fingerprint density at radius 3 is 2.52 bits per heavy atom. The number of aromatic nitrogens is 1. The van der Waals surface area contributed by atoms with Gasteiger partial charge in [-0.3, -0.25) is 4.90 Å². The molecule has 2 aliphatic rings. The molecule has 0 spiro atoms. The van der Waals surface area contributed by atoms with E-state index < -0.39 is 0 Å². The summed E-state index contributed by atoms with van der Waals surface area (Å²) in [6.45, 7) is 5.95. The smallest absolute Gasteiger partial charge is 0.135 e. The van der Waals surface area contributed by atoms with Gasteiger partial charge in [0.25, 0.3) is 0 Å². The SMILES string of the molecule is CCN(Cc1c(Cl)cc(C)nc1Cl)C1CC2CCC(C1)N2. The zero-order valence-electron chi connectivity index (χ0n) is 12.7. The summed E-state index contributed by atoms with van der Waals surface area (Å²) in [6.07, 6.45) is 5.12. The summed E-state index contributed by atoms with van der Waals surface area (Å²) in [4.78, 5) is 6.86. The van der Waals surface area contributed by atoms with E-state index in [1.54, 1.807) is 0 Å². The number of hydrogen-bond donors (Lipinski definition) is 1. The molecule has 1 aromatic heterocycles. The van der Waals surface area contributed by atoms with Crippen molar-refractivity contribution in [3.05, 3.63) is 27.5 Å². The molecule has 0 saturated carbocycles. The van der Waals surface area contributed by atoms with Crippen molar-refractivity contribution in [2.45, 2.75) is 64.2 Å². The Balaban J connectivity index is 1.76. The summed E-state index contributed by atoms with van der Waals surface area (Å²) in [5.41, 5.74) is 1.84. The third-order valence-electron chi connectivity index (χ3n) is 4.88. The fraction of sp³-hybridized carbons (Fsp3) is 0.688. The second-order valence-corrected chi connectivity index (χ2v) is 7.11. The molecule has 21 heavy (non-hydrogen) atoms. The number of fused-ring (bicyclic) bond motifs is 2. The number of nitrogens with one attached hydrogen (secondary N) is 1. The van der Waals surface area contributed by atoms with Crippen molar-refractivity contribution < 1.29 is 0 Å². The van der Waals surface area contributed by atoms with Crippen LogP contribution in [0.15, 0.2) is 6.07 Å². The maximum Gasteiger partial charge on any atom is 0.135 e. The van der Waals surface area contributed by atoms with Gasteiger partial charge in [-0.1, -0.05) is 30.1 Å². The second-order valence-electron chi connectivity index (χ2n) is 6.34. The van der Waals surface area contributed by atoms with Crippen molar-refractivity contribution in [1.82, 2.24) is 15.2 Å². The molecular formula is C16H23Cl2N3. The number of pyridine rings is 1. The number of piperidine rings is 1. The van der Waals surface area contributed by atoms with Gasteiger partial charge in [0.1, 0.15) is 5.15 Å². The first kappa shape index (κ1) is 15.5. The highest BCUT2D eigenvalue weighted by atomic mass is 35.5. The van der Waals surface area contributed by atoms with E-state index in [0.717, 1.165) is 29.4 Å². The van der Waals surface area contributed by atoms with Gasteiger partial charge in [-0.2, -0.15) is 0 Å². The van der Waals surface area contributed by atoms with Crippen molar-refractivity contribution in [2.75, 3.05) is 6.54 Å². The lowest BCUT2D eigenvalue weighted by atomic mass is 9.97. The third-order valence-corrected chi connectivity index (χ3v) is 5.53. The maximum absolute atomic E-state index is 6.38. The molecule has 2 unspecified atom stereocenters. The minimum Gasteiger partial charge on any atom is -0.311 e. The summed E-state index contributed by atoms with van der Waals surface area (Å²) in [5.74, 6) is 0. The lowest BCUT2D eigenvalue weighted by Gasteiger charge is -2.37. The lowest BCUT2D eigenvalue weighted by Crippen LogP contribution is -2.48. The van der Waals surface area contributed by atoms with E-state index in [-0.39, 0.29) is 0 Å². The topological polar surface area (TPSA) is 28.2 Å². The molecule has 0 amide bonds. The molecule has 1 aromatic rings. The fourth-order valence-corrected chi connectivity index (χ4v) is 4.44. The van der Waals surface area contributed by atoms with Crippen LogP contribution in [-0.4, -0.2) is 34.6 Å². The molecule has 2 aliphatic heterocycles. The van der Waals surface area contributed by atoms with Gasteiger partial charge in [0.05, 0.1) is 0 Å². The summed E-state index contributed by atoms with van der Waals surface area (Å²) in [5, 5.41) is 4.99. The van der Waals surface area contributed by atoms with Gasteiger partial charge in [0.2, 0.25) is 0 Å². The van der Waals surface area contributed by atoms with Crippen molar-refractivity contribution >= 4 is 23.2 Å². The van der Waals surface area contributed by atoms with Crippen LogP contribution in [0.5, 0.6) is 0 Å². The molecule has 5 heteroatoms. The van der Waals surface area contributed by atoms with Gasteiger partial charge in [-0.05, 0) is 45.2 Å². The molecule has 116 valence electrons. The van der Waals surface area contributed by atoms with Crippen LogP contribution in [0.25, 0.3) is 0 Å². The number of hydrogen-bond acceptors (Lipinski definition) is 3. The van der Waals surface area contributed by atoms with Gasteiger partial charge in [-0.25, -0.2) is 4.98 Å². The molecule has 3 rings (SSSR count). The van der Waals surface area contributed by atoms with Crippen LogP contribution in [0.4, 0.5) is 0 Å². The molecule has 3 nitrogen and oxygen atoms in total. The molecule has 0 aromatic carbocycles. The van der Waals surface area contributed by atoms with Crippen LogP contribution < -0.4 is 5.32 Å². The third kappa shape index (κ3) is 3.37. The van der Waals surface area contributed by atoms with Crippen LogP contribution in [0.2, 0.25) is 10.2 Å². The van der Waals surface area contributed by atoms with E-state index in [1.165, 1.54) is 25.7 Å². The van der Waals surface area contributed by atoms with Gasteiger partial charge in [-0.15, -0.1) is 0 Å². The lowest BCUT2D eigenvalue weighted by molar-refractivity contribution is 0.140. The van der Waals surface area contributed by atoms with Crippen LogP contribution >= 0.6 is 23.2 Å². The van der Waals surface area contributed by atoms with Crippen LogP contribution in [0.3, 0.4) is 0 Å². The standard InChI is InChI=1S/C16H23Cl2N3/c1-3-21(13-7-11-4-5-12(8-13)20-11)9-14-15(17)6-10(2)19-16(14)18/h6,11-13,20H,3-5,7-9H2,1-2H3. The average molecular weight is 328 g/mol. The average Bonchev–Trinajstić information content (AvgIpc) is 2.77.